The van der Waals surface area contributed by atoms with E-state index in [1.807, 2.05) is 49.6 Å². The molecule has 0 atom stereocenters. The molecule has 0 fully saturated rings. The number of halogens is 1. The maximum absolute atomic E-state index is 14.1. The van der Waals surface area contributed by atoms with Gasteiger partial charge in [0.2, 0.25) is 0 Å². The summed E-state index contributed by atoms with van der Waals surface area (Å²) in [6, 6.07) is 14.2. The summed E-state index contributed by atoms with van der Waals surface area (Å²) >= 11 is 0. The number of amides is 1. The topological polar surface area (TPSA) is 43.3 Å². The van der Waals surface area contributed by atoms with Crippen molar-refractivity contribution in [1.29, 1.82) is 0 Å². The van der Waals surface area contributed by atoms with Crippen LogP contribution in [0.15, 0.2) is 48.5 Å². The molecule has 0 saturated heterocycles. The number of rotatable bonds is 5. The first-order chi connectivity index (χ1) is 12.9. The monoisotopic (exact) mass is 366 g/mol. The number of nitrogens with zero attached hydrogens (tertiary/aromatic N) is 1. The second-order valence-corrected chi connectivity index (χ2v) is 6.65. The van der Waals surface area contributed by atoms with Crippen LogP contribution in [0.3, 0.4) is 0 Å². The summed E-state index contributed by atoms with van der Waals surface area (Å²) < 4.78 is 21.3. The van der Waals surface area contributed by atoms with Crippen molar-refractivity contribution < 1.29 is 13.9 Å². The molecule has 0 unspecified atom stereocenters. The Hall–Kier alpha value is -3.08. The maximum atomic E-state index is 14.1. The zero-order valence-corrected chi connectivity index (χ0v) is 16.0. The van der Waals surface area contributed by atoms with Crippen molar-refractivity contribution in [3.63, 3.8) is 0 Å². The number of carbonyl (C=O) groups excluding carboxylic acids is 1. The summed E-state index contributed by atoms with van der Waals surface area (Å²) in [4.78, 5) is 13.0. The van der Waals surface area contributed by atoms with Crippen LogP contribution in [0.1, 0.15) is 32.9 Å². The molecule has 0 aliphatic heterocycles. The Kier molecular flexibility index (Phi) is 5.31. The molecule has 0 aliphatic rings. The lowest BCUT2D eigenvalue weighted by Gasteiger charge is -2.15. The van der Waals surface area contributed by atoms with Gasteiger partial charge in [-0.25, -0.2) is 4.39 Å². The van der Waals surface area contributed by atoms with Crippen LogP contribution in [0.2, 0.25) is 0 Å². The van der Waals surface area contributed by atoms with Crippen molar-refractivity contribution >= 4 is 11.6 Å². The van der Waals surface area contributed by atoms with Gasteiger partial charge < -0.3 is 14.6 Å². The Bertz CT molecular complexity index is 992. The minimum Gasteiger partial charge on any atom is -0.495 e. The zero-order valence-electron chi connectivity index (χ0n) is 16.0. The molecule has 0 aliphatic carbocycles. The van der Waals surface area contributed by atoms with Gasteiger partial charge >= 0.3 is 0 Å². The van der Waals surface area contributed by atoms with Gasteiger partial charge in [0.25, 0.3) is 5.91 Å². The van der Waals surface area contributed by atoms with E-state index in [4.69, 9.17) is 4.74 Å². The lowest BCUT2D eigenvalue weighted by atomic mass is 10.2. The number of nitrogens with one attached hydrogen (secondary N) is 1. The predicted molar refractivity (Wildman–Crippen MR) is 105 cm³/mol. The van der Waals surface area contributed by atoms with Gasteiger partial charge in [-0.3, -0.25) is 4.79 Å². The molecule has 140 valence electrons. The third kappa shape index (κ3) is 3.87. The zero-order chi connectivity index (χ0) is 19.6. The number of ether oxygens (including phenoxy) is 1. The van der Waals surface area contributed by atoms with Crippen LogP contribution in [-0.4, -0.2) is 17.6 Å². The van der Waals surface area contributed by atoms with Gasteiger partial charge in [-0.2, -0.15) is 0 Å². The molecule has 4 nitrogen and oxygen atoms in total. The van der Waals surface area contributed by atoms with Gasteiger partial charge in [0.1, 0.15) is 17.3 Å². The molecule has 5 heteroatoms. The molecule has 2 aromatic carbocycles. The van der Waals surface area contributed by atoms with Gasteiger partial charge in [0.05, 0.1) is 19.3 Å². The van der Waals surface area contributed by atoms with Crippen molar-refractivity contribution in [2.45, 2.75) is 27.3 Å². The number of hydrogen-bond acceptors (Lipinski definition) is 2. The van der Waals surface area contributed by atoms with Gasteiger partial charge in [-0.1, -0.05) is 24.3 Å². The molecule has 0 spiro atoms. The number of aryl methyl sites for hydroxylation is 3. The van der Waals surface area contributed by atoms with E-state index in [0.717, 1.165) is 16.8 Å². The van der Waals surface area contributed by atoms with E-state index in [0.29, 0.717) is 29.2 Å². The Morgan fingerprint density at radius 1 is 1.11 bits per heavy atom. The van der Waals surface area contributed by atoms with E-state index < -0.39 is 0 Å². The van der Waals surface area contributed by atoms with Crippen LogP contribution in [-0.2, 0) is 6.54 Å². The molecule has 1 heterocycles. The number of hydrogen-bond donors (Lipinski definition) is 1. The quantitative estimate of drug-likeness (QED) is 0.701. The lowest BCUT2D eigenvalue weighted by molar-refractivity contribution is 0.101. The highest BCUT2D eigenvalue weighted by Crippen LogP contribution is 2.27. The third-order valence-corrected chi connectivity index (χ3v) is 4.60. The summed E-state index contributed by atoms with van der Waals surface area (Å²) in [6.45, 7) is 6.04. The minimum atomic E-state index is -0.282. The van der Waals surface area contributed by atoms with Gasteiger partial charge in [-0.05, 0) is 56.2 Å². The van der Waals surface area contributed by atoms with E-state index in [1.165, 1.54) is 6.07 Å². The Morgan fingerprint density at radius 3 is 2.56 bits per heavy atom. The Labute approximate surface area is 158 Å². The van der Waals surface area contributed by atoms with Crippen molar-refractivity contribution in [1.82, 2.24) is 4.57 Å². The standard InChI is InChI=1S/C22H23FN2O2/c1-14-9-10-20(27-4)19(11-14)24-22(26)21-15(2)12-16(3)25(21)13-17-7-5-6-8-18(17)23/h5-12H,13H2,1-4H3,(H,24,26). The fourth-order valence-electron chi connectivity index (χ4n) is 3.25. The smallest absolute Gasteiger partial charge is 0.272 e. The third-order valence-electron chi connectivity index (χ3n) is 4.60. The SMILES string of the molecule is COc1ccc(C)cc1NC(=O)c1c(C)cc(C)n1Cc1ccccc1F. The van der Waals surface area contributed by atoms with Crippen LogP contribution in [0.5, 0.6) is 5.75 Å². The first-order valence-electron chi connectivity index (χ1n) is 8.77. The van der Waals surface area contributed by atoms with Crippen LogP contribution in [0.25, 0.3) is 0 Å². The highest BCUT2D eigenvalue weighted by Gasteiger charge is 2.19. The van der Waals surface area contributed by atoms with Crippen LogP contribution < -0.4 is 10.1 Å². The fourth-order valence-corrected chi connectivity index (χ4v) is 3.25. The number of methoxy groups -OCH3 is 1. The van der Waals surface area contributed by atoms with Crippen molar-refractivity contribution in [2.24, 2.45) is 0 Å². The average molecular weight is 366 g/mol. The molecular formula is C22H23FN2O2. The summed E-state index contributed by atoms with van der Waals surface area (Å²) in [5, 5.41) is 2.94. The predicted octanol–water partition coefficient (Wildman–Crippen LogP) is 4.86. The van der Waals surface area contributed by atoms with E-state index in [-0.39, 0.29) is 11.7 Å². The van der Waals surface area contributed by atoms with Gasteiger partial charge in [0, 0.05) is 11.3 Å². The summed E-state index contributed by atoms with van der Waals surface area (Å²) in [6.07, 6.45) is 0. The molecule has 1 aromatic heterocycles. The average Bonchev–Trinajstić information content (AvgIpc) is 2.90. The number of carbonyl (C=O) groups is 1. The highest BCUT2D eigenvalue weighted by molar-refractivity contribution is 6.05. The highest BCUT2D eigenvalue weighted by atomic mass is 19.1. The molecule has 1 N–H and O–H groups in total. The Balaban J connectivity index is 1.96. The maximum Gasteiger partial charge on any atom is 0.272 e. The molecule has 0 bridgehead atoms. The van der Waals surface area contributed by atoms with Crippen LogP contribution in [0.4, 0.5) is 10.1 Å². The summed E-state index contributed by atoms with van der Waals surface area (Å²) in [5.74, 6) is 0.0614. The second kappa shape index (κ2) is 7.66. The van der Waals surface area contributed by atoms with E-state index in [2.05, 4.69) is 5.32 Å². The Morgan fingerprint density at radius 2 is 1.85 bits per heavy atom. The van der Waals surface area contributed by atoms with Crippen molar-refractivity contribution in [3.8, 4) is 5.75 Å². The molecule has 1 amide bonds. The largest absolute Gasteiger partial charge is 0.495 e. The molecule has 0 radical (unpaired) electrons. The molecule has 0 saturated carbocycles. The van der Waals surface area contributed by atoms with E-state index in [1.54, 1.807) is 25.3 Å². The van der Waals surface area contributed by atoms with Gasteiger partial charge in [-0.15, -0.1) is 0 Å². The second-order valence-electron chi connectivity index (χ2n) is 6.65. The molecular weight excluding hydrogens is 343 g/mol. The first-order valence-corrected chi connectivity index (χ1v) is 8.77. The van der Waals surface area contributed by atoms with Crippen LogP contribution in [0, 0.1) is 26.6 Å². The number of anilines is 1. The van der Waals surface area contributed by atoms with Crippen LogP contribution >= 0.6 is 0 Å². The number of benzene rings is 2. The van der Waals surface area contributed by atoms with E-state index >= 15 is 0 Å². The van der Waals surface area contributed by atoms with Gasteiger partial charge in [0.15, 0.2) is 0 Å². The van der Waals surface area contributed by atoms with E-state index in [9.17, 15) is 9.18 Å². The molecule has 3 aromatic rings. The summed E-state index contributed by atoms with van der Waals surface area (Å²) in [7, 11) is 1.57. The minimum absolute atomic E-state index is 0.249. The first kappa shape index (κ1) is 18.7. The molecule has 27 heavy (non-hydrogen) atoms. The van der Waals surface area contributed by atoms with Crippen molar-refractivity contribution in [2.75, 3.05) is 12.4 Å². The lowest BCUT2D eigenvalue weighted by Crippen LogP contribution is -2.20. The fraction of sp³-hybridized carbons (Fsp3) is 0.227. The summed E-state index contributed by atoms with van der Waals surface area (Å²) in [5.41, 5.74) is 4.42. The molecule has 3 rings (SSSR count). The normalized spacial score (nSPS) is 10.7. The van der Waals surface area contributed by atoms with Crippen molar-refractivity contribution in [3.05, 3.63) is 82.4 Å². The number of aromatic nitrogens is 1.